The Kier molecular flexibility index (Phi) is 4.24. The lowest BCUT2D eigenvalue weighted by Gasteiger charge is -2.24. The third kappa shape index (κ3) is 3.10. The van der Waals surface area contributed by atoms with E-state index in [9.17, 15) is 14.3 Å². The highest BCUT2D eigenvalue weighted by Crippen LogP contribution is 2.32. The molecule has 3 rings (SSSR count). The van der Waals surface area contributed by atoms with E-state index in [1.165, 1.54) is 12.1 Å². The number of likely N-dealkylation sites (tertiary alicyclic amines) is 1. The Morgan fingerprint density at radius 3 is 2.67 bits per heavy atom. The molecule has 2 aromatic rings. The second-order valence-corrected chi connectivity index (χ2v) is 6.31. The average molecular weight is 329 g/mol. The van der Waals surface area contributed by atoms with Crippen LogP contribution < -0.4 is 4.90 Å². The standard InChI is InChI=1S/C18H20FN3O2/c1-21(2)15-7-9-20-16(11-15)17(23)22-10-8-18(24,12-22)13-3-5-14(19)6-4-13/h3-7,9,11,24H,8,10,12H2,1-2H3. The molecule has 1 aliphatic rings. The van der Waals surface area contributed by atoms with Crippen LogP contribution in [0, 0.1) is 5.82 Å². The summed E-state index contributed by atoms with van der Waals surface area (Å²) >= 11 is 0. The van der Waals surface area contributed by atoms with Crippen LogP contribution in [0.4, 0.5) is 10.1 Å². The Hall–Kier alpha value is -2.47. The van der Waals surface area contributed by atoms with Gasteiger partial charge in [0.15, 0.2) is 0 Å². The zero-order valence-electron chi connectivity index (χ0n) is 13.7. The molecule has 1 aromatic carbocycles. The molecular weight excluding hydrogens is 309 g/mol. The molecule has 1 fully saturated rings. The topological polar surface area (TPSA) is 56.7 Å². The molecule has 1 amide bonds. The van der Waals surface area contributed by atoms with Crippen molar-refractivity contribution in [2.45, 2.75) is 12.0 Å². The fraction of sp³-hybridized carbons (Fsp3) is 0.333. The summed E-state index contributed by atoms with van der Waals surface area (Å²) in [4.78, 5) is 20.3. The lowest BCUT2D eigenvalue weighted by Crippen LogP contribution is -2.34. The van der Waals surface area contributed by atoms with Gasteiger partial charge < -0.3 is 14.9 Å². The molecule has 1 aromatic heterocycles. The van der Waals surface area contributed by atoms with E-state index in [1.54, 1.807) is 29.3 Å². The molecule has 126 valence electrons. The third-order valence-corrected chi connectivity index (χ3v) is 4.40. The zero-order chi connectivity index (χ0) is 17.3. The van der Waals surface area contributed by atoms with Gasteiger partial charge in [-0.1, -0.05) is 12.1 Å². The number of rotatable bonds is 3. The van der Waals surface area contributed by atoms with Crippen molar-refractivity contribution < 1.29 is 14.3 Å². The number of amides is 1. The zero-order valence-corrected chi connectivity index (χ0v) is 13.7. The van der Waals surface area contributed by atoms with Crippen LogP contribution in [0.3, 0.4) is 0 Å². The highest BCUT2D eigenvalue weighted by Gasteiger charge is 2.40. The minimum atomic E-state index is -1.15. The van der Waals surface area contributed by atoms with Crippen molar-refractivity contribution in [3.8, 4) is 0 Å². The van der Waals surface area contributed by atoms with Gasteiger partial charge in [-0.25, -0.2) is 4.39 Å². The lowest BCUT2D eigenvalue weighted by molar-refractivity contribution is 0.0415. The molecule has 6 heteroatoms. The molecule has 0 spiro atoms. The molecule has 24 heavy (non-hydrogen) atoms. The van der Waals surface area contributed by atoms with Crippen molar-refractivity contribution >= 4 is 11.6 Å². The molecule has 0 bridgehead atoms. The van der Waals surface area contributed by atoms with Gasteiger partial charge in [0.25, 0.3) is 5.91 Å². The van der Waals surface area contributed by atoms with E-state index in [4.69, 9.17) is 0 Å². The van der Waals surface area contributed by atoms with E-state index in [0.717, 1.165) is 5.69 Å². The summed E-state index contributed by atoms with van der Waals surface area (Å²) in [5.74, 6) is -0.560. The summed E-state index contributed by atoms with van der Waals surface area (Å²) < 4.78 is 13.1. The molecule has 1 N–H and O–H groups in total. The summed E-state index contributed by atoms with van der Waals surface area (Å²) in [7, 11) is 3.79. The second-order valence-electron chi connectivity index (χ2n) is 6.31. The highest BCUT2D eigenvalue weighted by molar-refractivity contribution is 5.93. The van der Waals surface area contributed by atoms with Crippen molar-refractivity contribution in [3.63, 3.8) is 0 Å². The van der Waals surface area contributed by atoms with Gasteiger partial charge in [-0.2, -0.15) is 0 Å². The van der Waals surface area contributed by atoms with E-state index in [-0.39, 0.29) is 18.3 Å². The van der Waals surface area contributed by atoms with E-state index >= 15 is 0 Å². The number of nitrogens with zero attached hydrogens (tertiary/aromatic N) is 3. The predicted octanol–water partition coefficient (Wildman–Crippen LogP) is 2.02. The number of benzene rings is 1. The first-order chi connectivity index (χ1) is 11.4. The number of β-amino-alcohol motifs (C(OH)–C–C–N with tert-alkyl or cyclic N) is 1. The fourth-order valence-corrected chi connectivity index (χ4v) is 2.94. The summed E-state index contributed by atoms with van der Waals surface area (Å²) in [6.07, 6.45) is 2.02. The van der Waals surface area contributed by atoms with Crippen LogP contribution >= 0.6 is 0 Å². The SMILES string of the molecule is CN(C)c1ccnc(C(=O)N2CCC(O)(c3ccc(F)cc3)C2)c1. The number of carbonyl (C=O) groups is 1. The third-order valence-electron chi connectivity index (χ3n) is 4.40. The quantitative estimate of drug-likeness (QED) is 0.936. The number of anilines is 1. The van der Waals surface area contributed by atoms with Crippen LogP contribution in [0.5, 0.6) is 0 Å². The maximum Gasteiger partial charge on any atom is 0.272 e. The van der Waals surface area contributed by atoms with Gasteiger partial charge in [-0.15, -0.1) is 0 Å². The maximum atomic E-state index is 13.1. The maximum absolute atomic E-state index is 13.1. The molecule has 1 unspecified atom stereocenters. The largest absolute Gasteiger partial charge is 0.383 e. The molecule has 0 radical (unpaired) electrons. The number of hydrogen-bond donors (Lipinski definition) is 1. The van der Waals surface area contributed by atoms with Gasteiger partial charge in [0, 0.05) is 32.5 Å². The predicted molar refractivity (Wildman–Crippen MR) is 89.4 cm³/mol. The molecule has 1 aliphatic heterocycles. The van der Waals surface area contributed by atoms with E-state index in [0.29, 0.717) is 24.2 Å². The molecular formula is C18H20FN3O2. The number of aliphatic hydroxyl groups is 1. The average Bonchev–Trinajstić information content (AvgIpc) is 2.98. The van der Waals surface area contributed by atoms with Crippen molar-refractivity contribution in [1.29, 1.82) is 0 Å². The lowest BCUT2D eigenvalue weighted by atomic mass is 9.93. The molecule has 1 saturated heterocycles. The van der Waals surface area contributed by atoms with Gasteiger partial charge >= 0.3 is 0 Å². The van der Waals surface area contributed by atoms with Crippen LogP contribution in [-0.4, -0.2) is 48.1 Å². The highest BCUT2D eigenvalue weighted by atomic mass is 19.1. The van der Waals surface area contributed by atoms with Crippen LogP contribution in [0.2, 0.25) is 0 Å². The normalized spacial score (nSPS) is 20.2. The van der Waals surface area contributed by atoms with E-state index < -0.39 is 5.60 Å². The van der Waals surface area contributed by atoms with Crippen LogP contribution in [0.15, 0.2) is 42.6 Å². The minimum absolute atomic E-state index is 0.172. The number of hydrogen-bond acceptors (Lipinski definition) is 4. The Labute approximate surface area is 140 Å². The first-order valence-corrected chi connectivity index (χ1v) is 7.80. The summed E-state index contributed by atoms with van der Waals surface area (Å²) in [5.41, 5.74) is 0.711. The van der Waals surface area contributed by atoms with E-state index in [1.807, 2.05) is 25.1 Å². The van der Waals surface area contributed by atoms with Crippen molar-refractivity contribution in [2.75, 3.05) is 32.1 Å². The Morgan fingerprint density at radius 2 is 2.00 bits per heavy atom. The summed E-state index contributed by atoms with van der Waals surface area (Å²) in [6.45, 7) is 0.603. The molecule has 0 aliphatic carbocycles. The van der Waals surface area contributed by atoms with Gasteiger partial charge in [0.2, 0.25) is 0 Å². The van der Waals surface area contributed by atoms with Gasteiger partial charge in [-0.05, 0) is 36.2 Å². The molecule has 2 heterocycles. The number of halogens is 1. The molecule has 5 nitrogen and oxygen atoms in total. The smallest absolute Gasteiger partial charge is 0.272 e. The van der Waals surface area contributed by atoms with Gasteiger partial charge in [0.1, 0.15) is 17.1 Å². The van der Waals surface area contributed by atoms with Crippen LogP contribution in [0.25, 0.3) is 0 Å². The number of aromatic nitrogens is 1. The van der Waals surface area contributed by atoms with Crippen LogP contribution in [-0.2, 0) is 5.60 Å². The van der Waals surface area contributed by atoms with Crippen molar-refractivity contribution in [1.82, 2.24) is 9.88 Å². The fourth-order valence-electron chi connectivity index (χ4n) is 2.94. The van der Waals surface area contributed by atoms with E-state index in [2.05, 4.69) is 4.98 Å². The van der Waals surface area contributed by atoms with Crippen molar-refractivity contribution in [3.05, 3.63) is 59.7 Å². The van der Waals surface area contributed by atoms with Crippen molar-refractivity contribution in [2.24, 2.45) is 0 Å². The van der Waals surface area contributed by atoms with Gasteiger partial charge in [-0.3, -0.25) is 9.78 Å². The number of carbonyl (C=O) groups excluding carboxylic acids is 1. The number of pyridine rings is 1. The first kappa shape index (κ1) is 16.4. The van der Waals surface area contributed by atoms with Crippen LogP contribution in [0.1, 0.15) is 22.5 Å². The Balaban J connectivity index is 1.78. The Bertz CT molecular complexity index is 748. The second kappa shape index (κ2) is 6.20. The molecule has 0 saturated carbocycles. The van der Waals surface area contributed by atoms with Gasteiger partial charge in [0.05, 0.1) is 6.54 Å². The summed E-state index contributed by atoms with van der Waals surface area (Å²) in [6, 6.07) is 9.33. The Morgan fingerprint density at radius 1 is 1.29 bits per heavy atom. The minimum Gasteiger partial charge on any atom is -0.383 e. The monoisotopic (exact) mass is 329 g/mol. The summed E-state index contributed by atoms with van der Waals surface area (Å²) in [5, 5.41) is 10.8. The molecule has 1 atom stereocenters. The first-order valence-electron chi connectivity index (χ1n) is 7.80.